The number of aromatic hydroxyl groups is 1. The number of rotatable bonds is 5. The Labute approximate surface area is 112 Å². The Bertz CT molecular complexity index is 549. The third kappa shape index (κ3) is 3.19. The first-order valence-corrected chi connectivity index (χ1v) is 6.24. The van der Waals surface area contributed by atoms with Gasteiger partial charge in [0.1, 0.15) is 0 Å². The van der Waals surface area contributed by atoms with Gasteiger partial charge in [-0.1, -0.05) is 0 Å². The van der Waals surface area contributed by atoms with E-state index < -0.39 is 0 Å². The zero-order valence-electron chi connectivity index (χ0n) is 11.4. The van der Waals surface area contributed by atoms with E-state index in [0.29, 0.717) is 18.3 Å². The van der Waals surface area contributed by atoms with Crippen molar-refractivity contribution in [3.63, 3.8) is 0 Å². The zero-order valence-corrected chi connectivity index (χ0v) is 11.4. The lowest BCUT2D eigenvalue weighted by atomic mass is 10.2. The highest BCUT2D eigenvalue weighted by Crippen LogP contribution is 2.28. The van der Waals surface area contributed by atoms with Gasteiger partial charge in [-0.2, -0.15) is 5.10 Å². The van der Waals surface area contributed by atoms with E-state index in [0.717, 1.165) is 11.3 Å². The first kappa shape index (κ1) is 13.3. The number of phenols is 1. The van der Waals surface area contributed by atoms with Crippen molar-refractivity contribution in [2.75, 3.05) is 12.4 Å². The molecule has 5 heteroatoms. The van der Waals surface area contributed by atoms with Crippen molar-refractivity contribution >= 4 is 5.69 Å². The largest absolute Gasteiger partial charge is 0.504 e. The van der Waals surface area contributed by atoms with Crippen LogP contribution in [0.5, 0.6) is 11.5 Å². The van der Waals surface area contributed by atoms with Gasteiger partial charge in [-0.3, -0.25) is 4.68 Å². The fraction of sp³-hybridized carbons (Fsp3) is 0.357. The monoisotopic (exact) mass is 261 g/mol. The number of nitrogens with zero attached hydrogens (tertiary/aromatic N) is 2. The standard InChI is InChI=1S/C14H19N3O2/c1-10(2)17-9-11(8-16-17)7-15-12-4-5-14(19-3)13(18)6-12/h4-6,8-10,15,18H,7H2,1-3H3. The van der Waals surface area contributed by atoms with Gasteiger partial charge in [0.2, 0.25) is 0 Å². The number of ether oxygens (including phenoxy) is 1. The molecule has 0 amide bonds. The number of anilines is 1. The maximum Gasteiger partial charge on any atom is 0.160 e. The number of hydrogen-bond donors (Lipinski definition) is 2. The van der Waals surface area contributed by atoms with E-state index in [1.807, 2.05) is 23.1 Å². The maximum atomic E-state index is 9.68. The van der Waals surface area contributed by atoms with Gasteiger partial charge in [0.25, 0.3) is 0 Å². The van der Waals surface area contributed by atoms with Crippen LogP contribution in [0, 0.1) is 0 Å². The van der Waals surface area contributed by atoms with E-state index in [9.17, 15) is 5.11 Å². The summed E-state index contributed by atoms with van der Waals surface area (Å²) in [4.78, 5) is 0. The van der Waals surface area contributed by atoms with Crippen LogP contribution in [-0.4, -0.2) is 22.0 Å². The van der Waals surface area contributed by atoms with E-state index in [2.05, 4.69) is 24.3 Å². The maximum absolute atomic E-state index is 9.68. The molecule has 0 saturated heterocycles. The second-order valence-corrected chi connectivity index (χ2v) is 4.66. The van der Waals surface area contributed by atoms with Gasteiger partial charge in [0.15, 0.2) is 11.5 Å². The Kier molecular flexibility index (Phi) is 3.94. The molecular formula is C14H19N3O2. The highest BCUT2D eigenvalue weighted by atomic mass is 16.5. The van der Waals surface area contributed by atoms with Gasteiger partial charge in [-0.25, -0.2) is 0 Å². The van der Waals surface area contributed by atoms with E-state index in [1.54, 1.807) is 12.1 Å². The number of benzene rings is 1. The molecule has 2 rings (SSSR count). The summed E-state index contributed by atoms with van der Waals surface area (Å²) in [6.45, 7) is 4.84. The minimum Gasteiger partial charge on any atom is -0.504 e. The first-order chi connectivity index (χ1) is 9.10. The van der Waals surface area contributed by atoms with Crippen molar-refractivity contribution in [2.24, 2.45) is 0 Å². The van der Waals surface area contributed by atoms with E-state index >= 15 is 0 Å². The lowest BCUT2D eigenvalue weighted by Gasteiger charge is -2.08. The molecule has 0 spiro atoms. The molecule has 2 aromatic rings. The lowest BCUT2D eigenvalue weighted by Crippen LogP contribution is -2.01. The Morgan fingerprint density at radius 2 is 2.21 bits per heavy atom. The van der Waals surface area contributed by atoms with Gasteiger partial charge in [-0.15, -0.1) is 0 Å². The number of aromatic nitrogens is 2. The number of nitrogens with one attached hydrogen (secondary N) is 1. The van der Waals surface area contributed by atoms with Crippen LogP contribution < -0.4 is 10.1 Å². The van der Waals surface area contributed by atoms with Gasteiger partial charge in [-0.05, 0) is 26.0 Å². The molecule has 5 nitrogen and oxygen atoms in total. The predicted molar refractivity (Wildman–Crippen MR) is 74.6 cm³/mol. The molecule has 2 N–H and O–H groups in total. The molecule has 0 fully saturated rings. The van der Waals surface area contributed by atoms with Crippen LogP contribution in [-0.2, 0) is 6.54 Å². The summed E-state index contributed by atoms with van der Waals surface area (Å²) >= 11 is 0. The van der Waals surface area contributed by atoms with Crippen LogP contribution in [0.4, 0.5) is 5.69 Å². The van der Waals surface area contributed by atoms with E-state index in [4.69, 9.17) is 4.74 Å². The molecular weight excluding hydrogens is 242 g/mol. The highest BCUT2D eigenvalue weighted by Gasteiger charge is 2.04. The van der Waals surface area contributed by atoms with Crippen molar-refractivity contribution in [2.45, 2.75) is 26.4 Å². The molecule has 0 unspecified atom stereocenters. The Hall–Kier alpha value is -2.17. The van der Waals surface area contributed by atoms with Crippen molar-refractivity contribution < 1.29 is 9.84 Å². The minimum absolute atomic E-state index is 0.130. The second-order valence-electron chi connectivity index (χ2n) is 4.66. The molecule has 0 atom stereocenters. The molecule has 1 aromatic carbocycles. The zero-order chi connectivity index (χ0) is 13.8. The Morgan fingerprint density at radius 3 is 2.79 bits per heavy atom. The number of methoxy groups -OCH3 is 1. The van der Waals surface area contributed by atoms with Crippen molar-refractivity contribution in [3.8, 4) is 11.5 Å². The SMILES string of the molecule is COc1ccc(NCc2cnn(C(C)C)c2)cc1O. The highest BCUT2D eigenvalue weighted by molar-refractivity contribution is 5.54. The summed E-state index contributed by atoms with van der Waals surface area (Å²) < 4.78 is 6.92. The van der Waals surface area contributed by atoms with Gasteiger partial charge in [0, 0.05) is 36.1 Å². The predicted octanol–water partition coefficient (Wildman–Crippen LogP) is 2.79. The topological polar surface area (TPSA) is 59.3 Å². The number of phenolic OH excluding ortho intramolecular Hbond substituents is 1. The summed E-state index contributed by atoms with van der Waals surface area (Å²) in [5.41, 5.74) is 1.94. The molecule has 0 aliphatic rings. The van der Waals surface area contributed by atoms with Gasteiger partial charge < -0.3 is 15.2 Å². The van der Waals surface area contributed by atoms with Crippen LogP contribution in [0.3, 0.4) is 0 Å². The Balaban J connectivity index is 1.99. The van der Waals surface area contributed by atoms with Crippen LogP contribution >= 0.6 is 0 Å². The third-order valence-electron chi connectivity index (χ3n) is 2.86. The van der Waals surface area contributed by atoms with Crippen molar-refractivity contribution in [1.82, 2.24) is 9.78 Å². The fourth-order valence-corrected chi connectivity index (χ4v) is 1.76. The lowest BCUT2D eigenvalue weighted by molar-refractivity contribution is 0.373. The number of hydrogen-bond acceptors (Lipinski definition) is 4. The third-order valence-corrected chi connectivity index (χ3v) is 2.86. The average molecular weight is 261 g/mol. The quantitative estimate of drug-likeness (QED) is 0.869. The summed E-state index contributed by atoms with van der Waals surface area (Å²) in [7, 11) is 1.53. The minimum atomic E-state index is 0.130. The van der Waals surface area contributed by atoms with Crippen LogP contribution in [0.2, 0.25) is 0 Å². The van der Waals surface area contributed by atoms with Crippen LogP contribution in [0.15, 0.2) is 30.6 Å². The Morgan fingerprint density at radius 1 is 1.42 bits per heavy atom. The molecule has 19 heavy (non-hydrogen) atoms. The average Bonchev–Trinajstić information content (AvgIpc) is 2.85. The summed E-state index contributed by atoms with van der Waals surface area (Å²) in [6.07, 6.45) is 3.86. The molecule has 1 aromatic heterocycles. The molecule has 1 heterocycles. The fourth-order valence-electron chi connectivity index (χ4n) is 1.76. The molecule has 102 valence electrons. The normalized spacial score (nSPS) is 10.7. The van der Waals surface area contributed by atoms with Crippen molar-refractivity contribution in [1.29, 1.82) is 0 Å². The molecule has 0 saturated carbocycles. The van der Waals surface area contributed by atoms with Crippen molar-refractivity contribution in [3.05, 3.63) is 36.2 Å². The first-order valence-electron chi connectivity index (χ1n) is 6.24. The molecule has 0 aliphatic heterocycles. The molecule has 0 radical (unpaired) electrons. The van der Waals surface area contributed by atoms with Gasteiger partial charge >= 0.3 is 0 Å². The summed E-state index contributed by atoms with van der Waals surface area (Å²) in [5.74, 6) is 0.601. The van der Waals surface area contributed by atoms with E-state index in [-0.39, 0.29) is 5.75 Å². The van der Waals surface area contributed by atoms with E-state index in [1.165, 1.54) is 7.11 Å². The second kappa shape index (κ2) is 5.65. The summed E-state index contributed by atoms with van der Waals surface area (Å²) in [5, 5.41) is 17.2. The van der Waals surface area contributed by atoms with Gasteiger partial charge in [0.05, 0.1) is 13.3 Å². The summed E-state index contributed by atoms with van der Waals surface area (Å²) in [6, 6.07) is 5.60. The molecule has 0 aliphatic carbocycles. The van der Waals surface area contributed by atoms with Crippen LogP contribution in [0.1, 0.15) is 25.5 Å². The molecule has 0 bridgehead atoms. The smallest absolute Gasteiger partial charge is 0.160 e. The van der Waals surface area contributed by atoms with Crippen LogP contribution in [0.25, 0.3) is 0 Å².